The van der Waals surface area contributed by atoms with Crippen LogP contribution in [0.15, 0.2) is 53.5 Å². The number of imidazole rings is 1. The van der Waals surface area contributed by atoms with E-state index in [4.69, 9.17) is 10.5 Å². The summed E-state index contributed by atoms with van der Waals surface area (Å²) >= 11 is 0. The Kier molecular flexibility index (Phi) is 5.67. The highest BCUT2D eigenvalue weighted by atomic mass is 19.2. The molecule has 170 valence electrons. The van der Waals surface area contributed by atoms with Crippen molar-refractivity contribution in [1.82, 2.24) is 14.5 Å². The van der Waals surface area contributed by atoms with E-state index in [-0.39, 0.29) is 17.2 Å². The Morgan fingerprint density at radius 3 is 2.45 bits per heavy atom. The van der Waals surface area contributed by atoms with Crippen LogP contribution >= 0.6 is 0 Å². The third-order valence-electron chi connectivity index (χ3n) is 5.29. The molecule has 2 N–H and O–H groups in total. The van der Waals surface area contributed by atoms with Crippen molar-refractivity contribution in [2.24, 2.45) is 10.7 Å². The maximum absolute atomic E-state index is 13.7. The first-order valence-electron chi connectivity index (χ1n) is 9.92. The van der Waals surface area contributed by atoms with Crippen LogP contribution in [0.25, 0.3) is 11.8 Å². The maximum atomic E-state index is 13.7. The lowest BCUT2D eigenvalue weighted by atomic mass is 10.1. The molecule has 4 rings (SSSR count). The molecule has 1 aliphatic rings. The molecular weight excluding hydrogens is 435 g/mol. The van der Waals surface area contributed by atoms with E-state index in [0.29, 0.717) is 11.3 Å². The van der Waals surface area contributed by atoms with Crippen molar-refractivity contribution >= 4 is 17.9 Å². The molecule has 3 aromatic rings. The molecule has 7 nitrogen and oxygen atoms in total. The summed E-state index contributed by atoms with van der Waals surface area (Å²) in [5.41, 5.74) is 8.25. The van der Waals surface area contributed by atoms with Gasteiger partial charge >= 0.3 is 0 Å². The predicted octanol–water partition coefficient (Wildman–Crippen LogP) is 3.87. The minimum Gasteiger partial charge on any atom is -0.495 e. The first kappa shape index (κ1) is 22.1. The Hall–Kier alpha value is -4.08. The van der Waals surface area contributed by atoms with Gasteiger partial charge in [0.05, 0.1) is 30.9 Å². The summed E-state index contributed by atoms with van der Waals surface area (Å²) in [6.07, 6.45) is 5.04. The van der Waals surface area contributed by atoms with Crippen LogP contribution in [0.2, 0.25) is 0 Å². The van der Waals surface area contributed by atoms with Crippen molar-refractivity contribution in [3.63, 3.8) is 0 Å². The average Bonchev–Trinajstić information content (AvgIpc) is 3.33. The third-order valence-corrected chi connectivity index (χ3v) is 5.29. The van der Waals surface area contributed by atoms with Crippen LogP contribution in [0.5, 0.6) is 5.75 Å². The molecule has 33 heavy (non-hydrogen) atoms. The number of methoxy groups -OCH3 is 1. The lowest BCUT2D eigenvalue weighted by Crippen LogP contribution is -2.39. The molecule has 1 aromatic heterocycles. The number of aliphatic imine (C=N–C) groups is 1. The smallest absolute Gasteiger partial charge is 0.279 e. The van der Waals surface area contributed by atoms with Gasteiger partial charge in [-0.05, 0) is 55.3 Å². The number of ether oxygens (including phenoxy) is 1. The minimum absolute atomic E-state index is 0.0377. The van der Waals surface area contributed by atoms with E-state index in [1.165, 1.54) is 20.1 Å². The van der Waals surface area contributed by atoms with Gasteiger partial charge in [-0.2, -0.15) is 0 Å². The van der Waals surface area contributed by atoms with Crippen LogP contribution in [-0.4, -0.2) is 33.4 Å². The molecule has 0 radical (unpaired) electrons. The number of rotatable bonds is 5. The Morgan fingerprint density at radius 1 is 1.15 bits per heavy atom. The molecule has 10 heteroatoms. The van der Waals surface area contributed by atoms with Gasteiger partial charge in [-0.1, -0.05) is 6.07 Å². The van der Waals surface area contributed by atoms with Crippen LogP contribution in [0, 0.1) is 24.4 Å². The Balaban J connectivity index is 1.63. The molecule has 2 aromatic carbocycles. The highest BCUT2D eigenvalue weighted by Crippen LogP contribution is 2.30. The number of carbonyl (C=O) groups is 1. The summed E-state index contributed by atoms with van der Waals surface area (Å²) < 4.78 is 47.9. The van der Waals surface area contributed by atoms with Crippen molar-refractivity contribution < 1.29 is 22.7 Å². The summed E-state index contributed by atoms with van der Waals surface area (Å²) in [5.74, 6) is -4.43. The maximum Gasteiger partial charge on any atom is 0.279 e. The van der Waals surface area contributed by atoms with Crippen LogP contribution in [-0.2, 0) is 4.79 Å². The third kappa shape index (κ3) is 4.07. The summed E-state index contributed by atoms with van der Waals surface area (Å²) in [6.45, 7) is 3.39. The second-order valence-electron chi connectivity index (χ2n) is 7.50. The molecule has 1 aliphatic heterocycles. The lowest BCUT2D eigenvalue weighted by molar-refractivity contribution is -0.124. The molecule has 1 atom stereocenters. The van der Waals surface area contributed by atoms with Gasteiger partial charge in [0, 0.05) is 6.20 Å². The summed E-state index contributed by atoms with van der Waals surface area (Å²) in [6, 6.07) is 6.09. The first-order chi connectivity index (χ1) is 15.7. The SMILES string of the molecule is COc1cc(C=C2N=C(N)N(C(C)c3cc(F)c(F)c(F)c3)C2=O)ccc1-n1cnc(C)c1. The number of hydrogen-bond donors (Lipinski definition) is 1. The van der Waals surface area contributed by atoms with Crippen LogP contribution in [0.1, 0.15) is 29.8 Å². The molecule has 0 saturated heterocycles. The van der Waals surface area contributed by atoms with Crippen molar-refractivity contribution in [3.05, 3.63) is 82.8 Å². The highest BCUT2D eigenvalue weighted by Gasteiger charge is 2.34. The number of hydrogen-bond acceptors (Lipinski definition) is 5. The van der Waals surface area contributed by atoms with Crippen LogP contribution in [0.3, 0.4) is 0 Å². The minimum atomic E-state index is -1.58. The standard InChI is InChI=1S/C23H20F3N5O2/c1-12-10-30(11-28-12)19-5-4-14(7-20(19)33-3)6-18-22(32)31(23(27)29-18)13(2)15-8-16(24)21(26)17(25)9-15/h4-11,13H,1-3H3,(H2,27,29). The van der Waals surface area contributed by atoms with E-state index in [0.717, 1.165) is 28.4 Å². The number of benzene rings is 2. The summed E-state index contributed by atoms with van der Waals surface area (Å²) in [4.78, 5) is 22.4. The van der Waals surface area contributed by atoms with Gasteiger partial charge in [-0.3, -0.25) is 9.69 Å². The first-order valence-corrected chi connectivity index (χ1v) is 9.92. The van der Waals surface area contributed by atoms with Crippen molar-refractivity contribution in [1.29, 1.82) is 0 Å². The van der Waals surface area contributed by atoms with Crippen LogP contribution < -0.4 is 10.5 Å². The van der Waals surface area contributed by atoms with E-state index in [1.807, 2.05) is 23.8 Å². The van der Waals surface area contributed by atoms with E-state index in [9.17, 15) is 18.0 Å². The predicted molar refractivity (Wildman–Crippen MR) is 116 cm³/mol. The molecule has 0 fully saturated rings. The Labute approximate surface area is 187 Å². The van der Waals surface area contributed by atoms with E-state index >= 15 is 0 Å². The molecule has 0 spiro atoms. The molecule has 1 unspecified atom stereocenters. The number of amides is 1. The van der Waals surface area contributed by atoms with Gasteiger partial charge in [-0.25, -0.2) is 23.1 Å². The summed E-state index contributed by atoms with van der Waals surface area (Å²) in [5, 5.41) is 0. The fourth-order valence-electron chi connectivity index (χ4n) is 3.59. The number of guanidine groups is 1. The lowest BCUT2D eigenvalue weighted by Gasteiger charge is -2.24. The van der Waals surface area contributed by atoms with Gasteiger partial charge in [0.25, 0.3) is 5.91 Å². The van der Waals surface area contributed by atoms with E-state index in [1.54, 1.807) is 18.5 Å². The quantitative estimate of drug-likeness (QED) is 0.468. The molecule has 0 bridgehead atoms. The van der Waals surface area contributed by atoms with Gasteiger partial charge in [0.15, 0.2) is 17.5 Å². The molecule has 2 heterocycles. The molecular formula is C23H20F3N5O2. The highest BCUT2D eigenvalue weighted by molar-refractivity contribution is 6.13. The number of halogens is 3. The van der Waals surface area contributed by atoms with Crippen molar-refractivity contribution in [2.45, 2.75) is 19.9 Å². The zero-order valence-electron chi connectivity index (χ0n) is 18.0. The fraction of sp³-hybridized carbons (Fsp3) is 0.174. The van der Waals surface area contributed by atoms with Gasteiger partial charge in [0.2, 0.25) is 5.96 Å². The van der Waals surface area contributed by atoms with Crippen LogP contribution in [0.4, 0.5) is 13.2 Å². The van der Waals surface area contributed by atoms with Gasteiger partial charge < -0.3 is 15.0 Å². The molecule has 0 aliphatic carbocycles. The zero-order valence-corrected chi connectivity index (χ0v) is 18.0. The topological polar surface area (TPSA) is 85.7 Å². The normalized spacial score (nSPS) is 15.8. The number of aromatic nitrogens is 2. The molecule has 1 amide bonds. The van der Waals surface area contributed by atoms with E-state index in [2.05, 4.69) is 9.98 Å². The Bertz CT molecular complexity index is 1290. The number of nitrogens with two attached hydrogens (primary N) is 1. The van der Waals surface area contributed by atoms with Gasteiger partial charge in [0.1, 0.15) is 11.4 Å². The zero-order chi connectivity index (χ0) is 23.9. The number of carbonyl (C=O) groups excluding carboxylic acids is 1. The van der Waals surface area contributed by atoms with Crippen molar-refractivity contribution in [2.75, 3.05) is 7.11 Å². The number of aryl methyl sites for hydroxylation is 1. The average molecular weight is 455 g/mol. The van der Waals surface area contributed by atoms with Gasteiger partial charge in [-0.15, -0.1) is 0 Å². The Morgan fingerprint density at radius 2 is 1.85 bits per heavy atom. The monoisotopic (exact) mass is 455 g/mol. The fourth-order valence-corrected chi connectivity index (χ4v) is 3.59. The van der Waals surface area contributed by atoms with Crippen molar-refractivity contribution in [3.8, 4) is 11.4 Å². The summed E-state index contributed by atoms with van der Waals surface area (Å²) in [7, 11) is 1.53. The number of nitrogens with zero attached hydrogens (tertiary/aromatic N) is 4. The second-order valence-corrected chi connectivity index (χ2v) is 7.50. The molecule has 0 saturated carbocycles. The second kappa shape index (κ2) is 8.45. The largest absolute Gasteiger partial charge is 0.495 e. The van der Waals surface area contributed by atoms with E-state index < -0.39 is 29.4 Å².